The maximum absolute atomic E-state index is 7.51. The van der Waals surface area contributed by atoms with Crippen molar-refractivity contribution in [1.82, 2.24) is 0 Å². The zero-order valence-corrected chi connectivity index (χ0v) is 17.6. The van der Waals surface area contributed by atoms with E-state index in [0.29, 0.717) is 12.1 Å². The minimum absolute atomic E-state index is 0.638. The van der Waals surface area contributed by atoms with Crippen LogP contribution in [0.1, 0.15) is 103 Å². The summed E-state index contributed by atoms with van der Waals surface area (Å²) in [6.07, 6.45) is 21.3. The number of rotatable bonds is 2. The topological polar surface area (TPSA) is 45.3 Å². The molecular formula is C23H43N2O2+. The zero-order valence-electron chi connectivity index (χ0n) is 17.6. The first-order chi connectivity index (χ1) is 13.4. The van der Waals surface area contributed by atoms with Crippen molar-refractivity contribution in [2.24, 2.45) is 0 Å². The number of hydrogen-bond acceptors (Lipinski definition) is 3. The van der Waals surface area contributed by atoms with Gasteiger partial charge in [-0.3, -0.25) is 0 Å². The van der Waals surface area contributed by atoms with Crippen LogP contribution in [0.25, 0.3) is 0 Å². The molecule has 2 saturated heterocycles. The zero-order chi connectivity index (χ0) is 19.0. The highest BCUT2D eigenvalue weighted by Crippen LogP contribution is 2.26. The molecule has 0 aromatic heterocycles. The SMILES string of the molecule is C1CCOCC1.C1CCOCC1.N=C=[N+](C1CCCCC1)C1CCCCC1. The molecule has 2 saturated carbocycles. The normalized spacial score (nSPS) is 24.4. The summed E-state index contributed by atoms with van der Waals surface area (Å²) in [7, 11) is 0. The Kier molecular flexibility index (Phi) is 12.8. The van der Waals surface area contributed by atoms with Crippen molar-refractivity contribution in [3.63, 3.8) is 0 Å². The summed E-state index contributed by atoms with van der Waals surface area (Å²) in [4.78, 5) is 0. The molecule has 4 rings (SSSR count). The van der Waals surface area contributed by atoms with E-state index < -0.39 is 0 Å². The molecule has 2 aliphatic heterocycles. The third-order valence-corrected chi connectivity index (χ3v) is 6.22. The van der Waals surface area contributed by atoms with Crippen molar-refractivity contribution in [3.8, 4) is 0 Å². The molecule has 0 aromatic rings. The van der Waals surface area contributed by atoms with E-state index in [2.05, 4.69) is 10.6 Å². The molecule has 4 heteroatoms. The van der Waals surface area contributed by atoms with Gasteiger partial charge in [-0.2, -0.15) is 0 Å². The van der Waals surface area contributed by atoms with E-state index in [1.54, 1.807) is 0 Å². The summed E-state index contributed by atoms with van der Waals surface area (Å²) in [5.41, 5.74) is 0. The Balaban J connectivity index is 0.000000178. The minimum Gasteiger partial charge on any atom is -0.381 e. The lowest BCUT2D eigenvalue weighted by molar-refractivity contribution is -0.602. The number of ether oxygens (including phenoxy) is 2. The molecule has 0 unspecified atom stereocenters. The van der Waals surface area contributed by atoms with Crippen molar-refractivity contribution in [2.75, 3.05) is 26.4 Å². The Morgan fingerprint density at radius 1 is 0.519 bits per heavy atom. The van der Waals surface area contributed by atoms with E-state index in [1.807, 2.05) is 0 Å². The van der Waals surface area contributed by atoms with Crippen molar-refractivity contribution in [3.05, 3.63) is 0 Å². The van der Waals surface area contributed by atoms with Crippen LogP contribution in [0.4, 0.5) is 0 Å². The molecule has 0 radical (unpaired) electrons. The van der Waals surface area contributed by atoms with Crippen LogP contribution in [0, 0.1) is 5.41 Å². The maximum atomic E-state index is 7.51. The highest BCUT2D eigenvalue weighted by molar-refractivity contribution is 5.28. The van der Waals surface area contributed by atoms with Gasteiger partial charge in [-0.25, -0.2) is 4.58 Å². The van der Waals surface area contributed by atoms with Gasteiger partial charge in [0.1, 0.15) is 12.1 Å². The molecule has 2 aliphatic carbocycles. The molecule has 156 valence electrons. The van der Waals surface area contributed by atoms with Crippen molar-refractivity contribution in [2.45, 2.75) is 115 Å². The van der Waals surface area contributed by atoms with Crippen LogP contribution in [0.3, 0.4) is 0 Å². The van der Waals surface area contributed by atoms with Crippen LogP contribution >= 0.6 is 0 Å². The molecule has 0 aromatic carbocycles. The Bertz CT molecular complexity index is 346. The molecule has 0 spiro atoms. The van der Waals surface area contributed by atoms with Gasteiger partial charge in [0, 0.05) is 26.4 Å². The Morgan fingerprint density at radius 3 is 1.07 bits per heavy atom. The monoisotopic (exact) mass is 379 g/mol. The smallest absolute Gasteiger partial charge is 0.304 e. The summed E-state index contributed by atoms with van der Waals surface area (Å²) in [6, 6.07) is 4.00. The van der Waals surface area contributed by atoms with Crippen LogP contribution in [-0.4, -0.2) is 49.1 Å². The van der Waals surface area contributed by atoms with Crippen molar-refractivity contribution < 1.29 is 14.0 Å². The average molecular weight is 380 g/mol. The molecule has 1 N–H and O–H groups in total. The molecule has 4 nitrogen and oxygen atoms in total. The van der Waals surface area contributed by atoms with Crippen LogP contribution in [0.15, 0.2) is 0 Å². The molecule has 2 heterocycles. The number of nitrogens with one attached hydrogen (secondary N) is 1. The van der Waals surface area contributed by atoms with E-state index in [0.717, 1.165) is 26.4 Å². The van der Waals surface area contributed by atoms with E-state index in [4.69, 9.17) is 14.9 Å². The lowest BCUT2D eigenvalue weighted by Crippen LogP contribution is -2.37. The third-order valence-electron chi connectivity index (χ3n) is 6.22. The maximum Gasteiger partial charge on any atom is 0.304 e. The van der Waals surface area contributed by atoms with Crippen molar-refractivity contribution >= 4 is 6.01 Å². The summed E-state index contributed by atoms with van der Waals surface area (Å²) >= 11 is 0. The molecular weight excluding hydrogens is 336 g/mol. The van der Waals surface area contributed by atoms with Gasteiger partial charge >= 0.3 is 6.01 Å². The van der Waals surface area contributed by atoms with E-state index >= 15 is 0 Å². The second kappa shape index (κ2) is 15.2. The van der Waals surface area contributed by atoms with E-state index in [9.17, 15) is 0 Å². The van der Waals surface area contributed by atoms with Gasteiger partial charge in [-0.1, -0.05) is 18.3 Å². The summed E-state index contributed by atoms with van der Waals surface area (Å²) in [5.74, 6) is 0. The first kappa shape index (κ1) is 22.6. The van der Waals surface area contributed by atoms with Gasteiger partial charge in [-0.05, 0) is 89.9 Å². The predicted octanol–water partition coefficient (Wildman–Crippen LogP) is 5.79. The molecule has 4 aliphatic rings. The lowest BCUT2D eigenvalue weighted by Gasteiger charge is -2.28. The standard InChI is InChI=1S/C13H23N2.2C5H10O/c14-11-15(12-7-3-1-4-8-12)13-9-5-2-6-10-13;2*1-2-4-6-5-3-1/h12-14H,1-10H2;2*1-5H2/q+1;;. The van der Waals surface area contributed by atoms with Crippen molar-refractivity contribution in [1.29, 1.82) is 5.41 Å². The fourth-order valence-corrected chi connectivity index (χ4v) is 4.57. The third kappa shape index (κ3) is 9.87. The molecule has 27 heavy (non-hydrogen) atoms. The first-order valence-electron chi connectivity index (χ1n) is 11.8. The van der Waals surface area contributed by atoms with Crippen LogP contribution in [-0.2, 0) is 9.47 Å². The van der Waals surface area contributed by atoms with Crippen LogP contribution in [0.5, 0.6) is 0 Å². The summed E-state index contributed by atoms with van der Waals surface area (Å²) in [5, 5.41) is 7.51. The predicted molar refractivity (Wildman–Crippen MR) is 111 cm³/mol. The average Bonchev–Trinajstić information content (AvgIpc) is 2.79. The van der Waals surface area contributed by atoms with Gasteiger partial charge in [0.2, 0.25) is 0 Å². The van der Waals surface area contributed by atoms with Gasteiger partial charge in [0.15, 0.2) is 0 Å². The quantitative estimate of drug-likeness (QED) is 0.487. The minimum atomic E-state index is 0.638. The fourth-order valence-electron chi connectivity index (χ4n) is 4.57. The Hall–Kier alpha value is -0.700. The highest BCUT2D eigenvalue weighted by Gasteiger charge is 2.28. The highest BCUT2D eigenvalue weighted by atomic mass is 16.5. The second-order valence-electron chi connectivity index (χ2n) is 8.45. The molecule has 0 amide bonds. The fraction of sp³-hybridized carbons (Fsp3) is 0.957. The van der Waals surface area contributed by atoms with Gasteiger partial charge in [0.25, 0.3) is 0 Å². The Morgan fingerprint density at radius 2 is 0.852 bits per heavy atom. The summed E-state index contributed by atoms with van der Waals surface area (Å²) < 4.78 is 12.4. The number of nitrogens with zero attached hydrogens (tertiary/aromatic N) is 1. The molecule has 4 fully saturated rings. The lowest BCUT2D eigenvalue weighted by atomic mass is 9.90. The van der Waals surface area contributed by atoms with Crippen LogP contribution < -0.4 is 0 Å². The van der Waals surface area contributed by atoms with Crippen LogP contribution in [0.2, 0.25) is 0 Å². The largest absolute Gasteiger partial charge is 0.381 e. The van der Waals surface area contributed by atoms with Gasteiger partial charge < -0.3 is 9.47 Å². The second-order valence-corrected chi connectivity index (χ2v) is 8.45. The first-order valence-corrected chi connectivity index (χ1v) is 11.8. The molecule has 0 atom stereocenters. The van der Waals surface area contributed by atoms with Gasteiger partial charge in [-0.15, -0.1) is 0 Å². The summed E-state index contributed by atoms with van der Waals surface area (Å²) in [6.45, 7) is 4.00. The van der Waals surface area contributed by atoms with E-state index in [1.165, 1.54) is 103 Å². The molecule has 0 bridgehead atoms. The van der Waals surface area contributed by atoms with Gasteiger partial charge in [0.05, 0.1) is 0 Å². The number of hydrogen-bond donors (Lipinski definition) is 1. The van der Waals surface area contributed by atoms with E-state index in [-0.39, 0.29) is 0 Å². The Labute approximate surface area is 167 Å².